The Balaban J connectivity index is 1.39. The lowest BCUT2D eigenvalue weighted by Crippen LogP contribution is -2.24. The van der Waals surface area contributed by atoms with Crippen molar-refractivity contribution in [1.29, 1.82) is 0 Å². The second kappa shape index (κ2) is 7.11. The molecule has 1 unspecified atom stereocenters. The first kappa shape index (κ1) is 15.9. The number of pyridine rings is 1. The lowest BCUT2D eigenvalue weighted by Gasteiger charge is -2.23. The summed E-state index contributed by atoms with van der Waals surface area (Å²) < 4.78 is 7.27. The minimum Gasteiger partial charge on any atom is -0.469 e. The van der Waals surface area contributed by atoms with Crippen molar-refractivity contribution in [3.63, 3.8) is 0 Å². The first-order valence-corrected chi connectivity index (χ1v) is 8.82. The Labute approximate surface area is 147 Å². The van der Waals surface area contributed by atoms with Crippen LogP contribution in [0.3, 0.4) is 0 Å². The number of rotatable bonds is 5. The minimum absolute atomic E-state index is 0.0291. The van der Waals surface area contributed by atoms with Crippen LogP contribution in [0.4, 0.5) is 0 Å². The van der Waals surface area contributed by atoms with Crippen LogP contribution in [0, 0.1) is 0 Å². The molecular formula is C21H22N2O2. The SMILES string of the molecule is O=c1ccccn1Cc1ccc(CNC2CCCc3occc32)cc1. The van der Waals surface area contributed by atoms with Gasteiger partial charge >= 0.3 is 0 Å². The molecule has 0 saturated heterocycles. The van der Waals surface area contributed by atoms with E-state index < -0.39 is 0 Å². The lowest BCUT2D eigenvalue weighted by atomic mass is 9.93. The van der Waals surface area contributed by atoms with Crippen LogP contribution >= 0.6 is 0 Å². The molecule has 128 valence electrons. The number of aryl methyl sites for hydroxylation is 1. The molecule has 4 nitrogen and oxygen atoms in total. The van der Waals surface area contributed by atoms with E-state index in [1.807, 2.05) is 12.3 Å². The van der Waals surface area contributed by atoms with Gasteiger partial charge in [-0.15, -0.1) is 0 Å². The molecule has 0 saturated carbocycles. The number of furan rings is 1. The zero-order valence-electron chi connectivity index (χ0n) is 14.2. The topological polar surface area (TPSA) is 47.2 Å². The zero-order chi connectivity index (χ0) is 17.1. The number of nitrogens with one attached hydrogen (secondary N) is 1. The van der Waals surface area contributed by atoms with Crippen molar-refractivity contribution in [2.24, 2.45) is 0 Å². The van der Waals surface area contributed by atoms with Gasteiger partial charge in [-0.2, -0.15) is 0 Å². The number of nitrogens with zero attached hydrogens (tertiary/aromatic N) is 1. The Morgan fingerprint density at radius 3 is 2.76 bits per heavy atom. The van der Waals surface area contributed by atoms with Gasteiger partial charge in [-0.05, 0) is 36.1 Å². The largest absolute Gasteiger partial charge is 0.469 e. The molecular weight excluding hydrogens is 312 g/mol. The van der Waals surface area contributed by atoms with E-state index in [4.69, 9.17) is 4.42 Å². The zero-order valence-corrected chi connectivity index (χ0v) is 14.2. The van der Waals surface area contributed by atoms with Crippen molar-refractivity contribution >= 4 is 0 Å². The second-order valence-corrected chi connectivity index (χ2v) is 6.61. The average Bonchev–Trinajstić information content (AvgIpc) is 3.12. The van der Waals surface area contributed by atoms with Gasteiger partial charge in [-0.3, -0.25) is 4.79 Å². The maximum absolute atomic E-state index is 11.8. The number of hydrogen-bond donors (Lipinski definition) is 1. The highest BCUT2D eigenvalue weighted by molar-refractivity contribution is 5.26. The summed E-state index contributed by atoms with van der Waals surface area (Å²) in [4.78, 5) is 11.8. The molecule has 1 atom stereocenters. The van der Waals surface area contributed by atoms with Crippen LogP contribution in [0.1, 0.15) is 41.3 Å². The van der Waals surface area contributed by atoms with E-state index in [9.17, 15) is 4.79 Å². The molecule has 25 heavy (non-hydrogen) atoms. The molecule has 1 aliphatic rings. The van der Waals surface area contributed by atoms with Crippen LogP contribution in [-0.2, 0) is 19.5 Å². The Morgan fingerprint density at radius 1 is 1.08 bits per heavy atom. The van der Waals surface area contributed by atoms with Gasteiger partial charge in [-0.1, -0.05) is 30.3 Å². The van der Waals surface area contributed by atoms with Crippen LogP contribution < -0.4 is 10.9 Å². The summed E-state index contributed by atoms with van der Waals surface area (Å²) >= 11 is 0. The molecule has 1 aliphatic carbocycles. The number of hydrogen-bond acceptors (Lipinski definition) is 3. The third-order valence-corrected chi connectivity index (χ3v) is 4.88. The summed E-state index contributed by atoms with van der Waals surface area (Å²) in [6, 6.07) is 16.2. The summed E-state index contributed by atoms with van der Waals surface area (Å²) in [5.41, 5.74) is 3.72. The van der Waals surface area contributed by atoms with E-state index >= 15 is 0 Å². The second-order valence-electron chi connectivity index (χ2n) is 6.61. The van der Waals surface area contributed by atoms with Crippen molar-refractivity contribution in [1.82, 2.24) is 9.88 Å². The fourth-order valence-corrected chi connectivity index (χ4v) is 3.49. The van der Waals surface area contributed by atoms with Gasteiger partial charge in [-0.25, -0.2) is 0 Å². The van der Waals surface area contributed by atoms with E-state index in [0.717, 1.165) is 30.7 Å². The summed E-state index contributed by atoms with van der Waals surface area (Å²) in [6.07, 6.45) is 6.99. The lowest BCUT2D eigenvalue weighted by molar-refractivity contribution is 0.411. The van der Waals surface area contributed by atoms with E-state index in [1.165, 1.54) is 17.5 Å². The third-order valence-electron chi connectivity index (χ3n) is 4.88. The van der Waals surface area contributed by atoms with Gasteiger partial charge in [0.2, 0.25) is 0 Å². The molecule has 0 bridgehead atoms. The molecule has 4 heteroatoms. The number of aromatic nitrogens is 1. The van der Waals surface area contributed by atoms with Crippen molar-refractivity contribution in [3.8, 4) is 0 Å². The quantitative estimate of drug-likeness (QED) is 0.775. The van der Waals surface area contributed by atoms with Crippen molar-refractivity contribution in [3.05, 3.63) is 93.8 Å². The van der Waals surface area contributed by atoms with Gasteiger partial charge in [0.25, 0.3) is 5.56 Å². The molecule has 0 radical (unpaired) electrons. The molecule has 3 aromatic rings. The van der Waals surface area contributed by atoms with Crippen LogP contribution in [0.5, 0.6) is 0 Å². The monoisotopic (exact) mass is 334 g/mol. The smallest absolute Gasteiger partial charge is 0.250 e. The van der Waals surface area contributed by atoms with Gasteiger partial charge < -0.3 is 14.3 Å². The molecule has 1 N–H and O–H groups in total. The molecule has 1 aromatic carbocycles. The summed E-state index contributed by atoms with van der Waals surface area (Å²) in [5.74, 6) is 1.13. The highest BCUT2D eigenvalue weighted by Crippen LogP contribution is 2.30. The number of benzene rings is 1. The Hall–Kier alpha value is -2.59. The van der Waals surface area contributed by atoms with Crippen LogP contribution in [0.25, 0.3) is 0 Å². The molecule has 0 aliphatic heterocycles. The first-order valence-electron chi connectivity index (χ1n) is 8.82. The van der Waals surface area contributed by atoms with E-state index in [1.54, 1.807) is 23.0 Å². The summed E-state index contributed by atoms with van der Waals surface area (Å²) in [6.45, 7) is 1.44. The van der Waals surface area contributed by atoms with E-state index in [-0.39, 0.29) is 5.56 Å². The average molecular weight is 334 g/mol. The predicted molar refractivity (Wildman–Crippen MR) is 97.5 cm³/mol. The normalized spacial score (nSPS) is 16.6. The first-order chi connectivity index (χ1) is 12.3. The summed E-state index contributed by atoms with van der Waals surface area (Å²) in [5, 5.41) is 3.64. The minimum atomic E-state index is 0.0291. The Kier molecular flexibility index (Phi) is 4.53. The van der Waals surface area contributed by atoms with Gasteiger partial charge in [0.15, 0.2) is 0 Å². The van der Waals surface area contributed by atoms with Crippen LogP contribution in [-0.4, -0.2) is 4.57 Å². The predicted octanol–water partition coefficient (Wildman–Crippen LogP) is 3.66. The van der Waals surface area contributed by atoms with Crippen molar-refractivity contribution in [2.75, 3.05) is 0 Å². The molecule has 4 rings (SSSR count). The highest BCUT2D eigenvalue weighted by Gasteiger charge is 2.21. The van der Waals surface area contributed by atoms with Crippen molar-refractivity contribution in [2.45, 2.75) is 38.4 Å². The maximum Gasteiger partial charge on any atom is 0.250 e. The van der Waals surface area contributed by atoms with Crippen LogP contribution in [0.2, 0.25) is 0 Å². The molecule has 0 amide bonds. The fraction of sp³-hybridized carbons (Fsp3) is 0.286. The highest BCUT2D eigenvalue weighted by atomic mass is 16.3. The standard InChI is InChI=1S/C21H22N2O2/c24-21-6-1-2-12-23(21)15-17-9-7-16(8-10-17)14-22-19-4-3-5-20-18(19)11-13-25-20/h1-2,6-13,19,22H,3-5,14-15H2. The van der Waals surface area contributed by atoms with Gasteiger partial charge in [0.1, 0.15) is 5.76 Å². The van der Waals surface area contributed by atoms with Gasteiger partial charge in [0.05, 0.1) is 12.8 Å². The number of fused-ring (bicyclic) bond motifs is 1. The molecule has 2 aromatic heterocycles. The van der Waals surface area contributed by atoms with Crippen molar-refractivity contribution < 1.29 is 4.42 Å². The van der Waals surface area contributed by atoms with Crippen LogP contribution in [0.15, 0.2) is 70.2 Å². The van der Waals surface area contributed by atoms with Gasteiger partial charge in [0, 0.05) is 36.8 Å². The fourth-order valence-electron chi connectivity index (χ4n) is 3.49. The molecule has 0 fully saturated rings. The molecule has 2 heterocycles. The van der Waals surface area contributed by atoms with E-state index in [2.05, 4.69) is 35.6 Å². The summed E-state index contributed by atoms with van der Waals surface area (Å²) in [7, 11) is 0. The maximum atomic E-state index is 11.8. The Bertz CT molecular complexity index is 893. The third kappa shape index (κ3) is 3.59. The van der Waals surface area contributed by atoms with E-state index in [0.29, 0.717) is 12.6 Å². The molecule has 0 spiro atoms. The Morgan fingerprint density at radius 2 is 1.92 bits per heavy atom.